The Labute approximate surface area is 143 Å². The molecule has 0 fully saturated rings. The third kappa shape index (κ3) is 3.86. The molecule has 24 heavy (non-hydrogen) atoms. The molecule has 3 aromatic rings. The van der Waals surface area contributed by atoms with Crippen molar-refractivity contribution in [3.8, 4) is 0 Å². The molecule has 0 saturated carbocycles. The van der Waals surface area contributed by atoms with Crippen LogP contribution in [0.25, 0.3) is 10.9 Å². The van der Waals surface area contributed by atoms with E-state index < -0.39 is 10.0 Å². The Kier molecular flexibility index (Phi) is 4.73. The number of aromatic amines is 1. The SMILES string of the molecule is Cc1ccc(CS(=O)(=O)NCCc2c(C)[nH]c3ccccc23)cc1. The van der Waals surface area contributed by atoms with Gasteiger partial charge in [0.2, 0.25) is 10.0 Å². The molecule has 126 valence electrons. The van der Waals surface area contributed by atoms with E-state index in [2.05, 4.69) is 15.8 Å². The third-order valence-corrected chi connectivity index (χ3v) is 5.56. The van der Waals surface area contributed by atoms with Gasteiger partial charge in [0.25, 0.3) is 0 Å². The van der Waals surface area contributed by atoms with Crippen LogP contribution in [0.2, 0.25) is 0 Å². The Morgan fingerprint density at radius 2 is 1.71 bits per heavy atom. The minimum atomic E-state index is -3.33. The zero-order valence-corrected chi connectivity index (χ0v) is 14.8. The Bertz CT molecular complexity index is 941. The number of aryl methyl sites for hydroxylation is 2. The van der Waals surface area contributed by atoms with Crippen molar-refractivity contribution in [1.29, 1.82) is 0 Å². The lowest BCUT2D eigenvalue weighted by Crippen LogP contribution is -2.27. The number of nitrogens with one attached hydrogen (secondary N) is 2. The van der Waals surface area contributed by atoms with E-state index in [1.54, 1.807) is 0 Å². The van der Waals surface area contributed by atoms with Gasteiger partial charge in [0, 0.05) is 23.1 Å². The van der Waals surface area contributed by atoms with Crippen molar-refractivity contribution in [1.82, 2.24) is 9.71 Å². The Morgan fingerprint density at radius 3 is 2.46 bits per heavy atom. The van der Waals surface area contributed by atoms with Crippen molar-refractivity contribution in [3.05, 3.63) is 70.9 Å². The molecule has 0 atom stereocenters. The molecule has 0 radical (unpaired) electrons. The highest BCUT2D eigenvalue weighted by Crippen LogP contribution is 2.22. The van der Waals surface area contributed by atoms with Crippen molar-refractivity contribution < 1.29 is 8.42 Å². The first-order valence-corrected chi connectivity index (χ1v) is 9.69. The number of hydrogen-bond donors (Lipinski definition) is 2. The molecule has 0 aliphatic heterocycles. The number of benzene rings is 2. The van der Waals surface area contributed by atoms with Crippen LogP contribution >= 0.6 is 0 Å². The van der Waals surface area contributed by atoms with Gasteiger partial charge < -0.3 is 4.98 Å². The van der Waals surface area contributed by atoms with Crippen molar-refractivity contribution in [2.75, 3.05) is 6.54 Å². The summed E-state index contributed by atoms with van der Waals surface area (Å²) in [5.41, 5.74) is 5.28. The molecule has 0 unspecified atom stereocenters. The number of hydrogen-bond acceptors (Lipinski definition) is 2. The molecule has 2 N–H and O–H groups in total. The van der Waals surface area contributed by atoms with Gasteiger partial charge in [-0.1, -0.05) is 48.0 Å². The van der Waals surface area contributed by atoms with Crippen LogP contribution in [0, 0.1) is 13.8 Å². The Balaban J connectivity index is 1.64. The minimum absolute atomic E-state index is 0.0140. The maximum Gasteiger partial charge on any atom is 0.215 e. The number of H-pyrrole nitrogens is 1. The van der Waals surface area contributed by atoms with Gasteiger partial charge in [0.05, 0.1) is 5.75 Å². The fourth-order valence-corrected chi connectivity index (χ4v) is 4.09. The Hall–Kier alpha value is -2.11. The van der Waals surface area contributed by atoms with Crippen LogP contribution in [0.15, 0.2) is 48.5 Å². The predicted molar refractivity (Wildman–Crippen MR) is 98.5 cm³/mol. The molecule has 5 heteroatoms. The van der Waals surface area contributed by atoms with E-state index in [9.17, 15) is 8.42 Å². The maximum absolute atomic E-state index is 12.2. The van der Waals surface area contributed by atoms with Gasteiger partial charge in [-0.3, -0.25) is 0 Å². The normalized spacial score (nSPS) is 11.9. The van der Waals surface area contributed by atoms with Crippen LogP contribution in [-0.4, -0.2) is 19.9 Å². The molecule has 0 saturated heterocycles. The second kappa shape index (κ2) is 6.79. The highest BCUT2D eigenvalue weighted by molar-refractivity contribution is 7.88. The van der Waals surface area contributed by atoms with E-state index in [4.69, 9.17) is 0 Å². The monoisotopic (exact) mass is 342 g/mol. The molecular weight excluding hydrogens is 320 g/mol. The van der Waals surface area contributed by atoms with Crippen LogP contribution in [0.1, 0.15) is 22.4 Å². The minimum Gasteiger partial charge on any atom is -0.358 e. The van der Waals surface area contributed by atoms with Gasteiger partial charge in [-0.15, -0.1) is 0 Å². The van der Waals surface area contributed by atoms with Gasteiger partial charge in [0.15, 0.2) is 0 Å². The Morgan fingerprint density at radius 1 is 1.00 bits per heavy atom. The van der Waals surface area contributed by atoms with Crippen molar-refractivity contribution in [2.24, 2.45) is 0 Å². The molecule has 0 aliphatic carbocycles. The average molecular weight is 342 g/mol. The molecule has 3 rings (SSSR count). The summed E-state index contributed by atoms with van der Waals surface area (Å²) >= 11 is 0. The first kappa shape index (κ1) is 16.7. The first-order chi connectivity index (χ1) is 11.4. The molecular formula is C19H22N2O2S. The van der Waals surface area contributed by atoms with Crippen LogP contribution in [0.5, 0.6) is 0 Å². The third-order valence-electron chi connectivity index (χ3n) is 4.20. The van der Waals surface area contributed by atoms with Crippen LogP contribution in [0.3, 0.4) is 0 Å². The molecule has 1 aromatic heterocycles. The fourth-order valence-electron chi connectivity index (χ4n) is 2.94. The summed E-state index contributed by atoms with van der Waals surface area (Å²) in [7, 11) is -3.33. The summed E-state index contributed by atoms with van der Waals surface area (Å²) in [5, 5.41) is 1.16. The van der Waals surface area contributed by atoms with Crippen LogP contribution in [-0.2, 0) is 22.2 Å². The summed E-state index contributed by atoms with van der Waals surface area (Å²) in [5.74, 6) is 0.0140. The smallest absolute Gasteiger partial charge is 0.215 e. The van der Waals surface area contributed by atoms with E-state index in [1.807, 2.05) is 56.3 Å². The lowest BCUT2D eigenvalue weighted by Gasteiger charge is -2.07. The second-order valence-corrected chi connectivity index (χ2v) is 7.97. The van der Waals surface area contributed by atoms with Crippen LogP contribution in [0.4, 0.5) is 0 Å². The molecule has 4 nitrogen and oxygen atoms in total. The predicted octanol–water partition coefficient (Wildman–Crippen LogP) is 3.45. The highest BCUT2D eigenvalue weighted by atomic mass is 32.2. The quantitative estimate of drug-likeness (QED) is 0.721. The van der Waals surface area contributed by atoms with E-state index in [0.717, 1.165) is 27.7 Å². The lowest BCUT2D eigenvalue weighted by molar-refractivity contribution is 0.581. The molecule has 0 amide bonds. The standard InChI is InChI=1S/C19H22N2O2S/c1-14-7-9-16(10-8-14)13-24(22,23)20-12-11-17-15(2)21-19-6-4-3-5-18(17)19/h3-10,20-21H,11-13H2,1-2H3. The summed E-state index contributed by atoms with van der Waals surface area (Å²) < 4.78 is 27.2. The second-order valence-electron chi connectivity index (χ2n) is 6.16. The van der Waals surface area contributed by atoms with Gasteiger partial charge in [-0.25, -0.2) is 13.1 Å². The maximum atomic E-state index is 12.2. The van der Waals surface area contributed by atoms with Crippen molar-refractivity contribution in [2.45, 2.75) is 26.0 Å². The van der Waals surface area contributed by atoms with Gasteiger partial charge in [-0.2, -0.15) is 0 Å². The van der Waals surface area contributed by atoms with Crippen molar-refractivity contribution >= 4 is 20.9 Å². The molecule has 1 heterocycles. The lowest BCUT2D eigenvalue weighted by atomic mass is 10.1. The average Bonchev–Trinajstić information content (AvgIpc) is 2.85. The number of sulfonamides is 1. The number of para-hydroxylation sites is 1. The summed E-state index contributed by atoms with van der Waals surface area (Å²) in [6.45, 7) is 4.41. The summed E-state index contributed by atoms with van der Waals surface area (Å²) in [4.78, 5) is 3.34. The first-order valence-electron chi connectivity index (χ1n) is 8.04. The zero-order chi connectivity index (χ0) is 17.2. The summed E-state index contributed by atoms with van der Waals surface area (Å²) in [6, 6.07) is 15.7. The largest absolute Gasteiger partial charge is 0.358 e. The molecule has 2 aromatic carbocycles. The van der Waals surface area contributed by atoms with Gasteiger partial charge >= 0.3 is 0 Å². The zero-order valence-electron chi connectivity index (χ0n) is 14.0. The van der Waals surface area contributed by atoms with Crippen LogP contribution < -0.4 is 4.72 Å². The van der Waals surface area contributed by atoms with Gasteiger partial charge in [0.1, 0.15) is 0 Å². The van der Waals surface area contributed by atoms with E-state index in [-0.39, 0.29) is 5.75 Å². The van der Waals surface area contributed by atoms with Crippen molar-refractivity contribution in [3.63, 3.8) is 0 Å². The van der Waals surface area contributed by atoms with Gasteiger partial charge in [-0.05, 0) is 37.5 Å². The fraction of sp³-hybridized carbons (Fsp3) is 0.263. The molecule has 0 aliphatic rings. The molecule has 0 bridgehead atoms. The van der Waals surface area contributed by atoms with E-state index in [0.29, 0.717) is 13.0 Å². The number of aromatic nitrogens is 1. The number of rotatable bonds is 6. The van der Waals surface area contributed by atoms with E-state index in [1.165, 1.54) is 5.56 Å². The van der Waals surface area contributed by atoms with E-state index >= 15 is 0 Å². The number of fused-ring (bicyclic) bond motifs is 1. The topological polar surface area (TPSA) is 62.0 Å². The summed E-state index contributed by atoms with van der Waals surface area (Å²) in [6.07, 6.45) is 0.670. The highest BCUT2D eigenvalue weighted by Gasteiger charge is 2.13. The molecule has 0 spiro atoms.